The van der Waals surface area contributed by atoms with E-state index in [0.717, 1.165) is 24.2 Å². The first kappa shape index (κ1) is 16.0. The largest absolute Gasteiger partial charge is 0.495 e. The number of likely N-dealkylation sites (tertiary alicyclic amines) is 1. The second kappa shape index (κ2) is 7.15. The number of ether oxygens (including phenoxy) is 1. The molecule has 2 aromatic rings. The number of carbonyl (C=O) groups excluding carboxylic acids is 1. The molecule has 1 unspecified atom stereocenters. The van der Waals surface area contributed by atoms with Crippen LogP contribution in [0.25, 0.3) is 0 Å². The van der Waals surface area contributed by atoms with Crippen molar-refractivity contribution in [2.75, 3.05) is 25.5 Å². The number of rotatable bonds is 5. The number of nitrogens with one attached hydrogen (secondary N) is 2. The second-order valence-electron chi connectivity index (χ2n) is 6.05. The fourth-order valence-electron chi connectivity index (χ4n) is 3.28. The van der Waals surface area contributed by atoms with Gasteiger partial charge in [-0.15, -0.1) is 11.3 Å². The number of hydrogen-bond donors (Lipinski definition) is 2. The smallest absolute Gasteiger partial charge is 0.279 e. The van der Waals surface area contributed by atoms with Crippen molar-refractivity contribution < 1.29 is 14.4 Å². The Morgan fingerprint density at radius 1 is 1.43 bits per heavy atom. The Morgan fingerprint density at radius 2 is 2.30 bits per heavy atom. The standard InChI is InChI=1S/C18H22N2O2S/c1-13-7-8-16(22-2)14(11-13)19-18(21)12-20-9-3-5-15(20)17-6-4-10-23-17/h4,6-8,10-11,15H,3,5,9,12H2,1-2H3,(H,19,21)/p+1/t15-/m0/s1. The van der Waals surface area contributed by atoms with Gasteiger partial charge in [0.15, 0.2) is 6.54 Å². The van der Waals surface area contributed by atoms with E-state index in [1.807, 2.05) is 25.1 Å². The number of methoxy groups -OCH3 is 1. The van der Waals surface area contributed by atoms with E-state index in [4.69, 9.17) is 4.74 Å². The summed E-state index contributed by atoms with van der Waals surface area (Å²) in [6.07, 6.45) is 2.34. The number of thiophene rings is 1. The van der Waals surface area contributed by atoms with Crippen LogP contribution in [0.3, 0.4) is 0 Å². The molecule has 0 radical (unpaired) electrons. The van der Waals surface area contributed by atoms with Gasteiger partial charge in [-0.3, -0.25) is 4.79 Å². The molecule has 1 aliphatic heterocycles. The van der Waals surface area contributed by atoms with Crippen molar-refractivity contribution in [1.82, 2.24) is 0 Å². The zero-order valence-electron chi connectivity index (χ0n) is 13.6. The summed E-state index contributed by atoms with van der Waals surface area (Å²) < 4.78 is 5.33. The maximum absolute atomic E-state index is 12.5. The highest BCUT2D eigenvalue weighted by atomic mass is 32.1. The average molecular weight is 331 g/mol. The summed E-state index contributed by atoms with van der Waals surface area (Å²) in [6, 6.07) is 10.6. The quantitative estimate of drug-likeness (QED) is 0.884. The highest BCUT2D eigenvalue weighted by molar-refractivity contribution is 7.10. The molecular weight excluding hydrogens is 308 g/mol. The predicted octanol–water partition coefficient (Wildman–Crippen LogP) is 2.42. The Morgan fingerprint density at radius 3 is 3.04 bits per heavy atom. The molecule has 1 saturated heterocycles. The minimum atomic E-state index is 0.0485. The van der Waals surface area contributed by atoms with Gasteiger partial charge in [-0.2, -0.15) is 0 Å². The number of anilines is 1. The third-order valence-electron chi connectivity index (χ3n) is 4.39. The van der Waals surface area contributed by atoms with E-state index < -0.39 is 0 Å². The first-order valence-electron chi connectivity index (χ1n) is 8.00. The molecule has 1 amide bonds. The molecule has 1 aromatic carbocycles. The lowest BCUT2D eigenvalue weighted by Gasteiger charge is -2.20. The van der Waals surface area contributed by atoms with Crippen LogP contribution in [0.1, 0.15) is 29.3 Å². The van der Waals surface area contributed by atoms with Crippen LogP contribution in [0, 0.1) is 6.92 Å². The number of amides is 1. The number of carbonyl (C=O) groups is 1. The van der Waals surface area contributed by atoms with E-state index in [9.17, 15) is 4.79 Å². The van der Waals surface area contributed by atoms with Gasteiger partial charge in [-0.25, -0.2) is 0 Å². The minimum absolute atomic E-state index is 0.0485. The van der Waals surface area contributed by atoms with Crippen molar-refractivity contribution in [3.05, 3.63) is 46.2 Å². The molecule has 2 heterocycles. The van der Waals surface area contributed by atoms with Gasteiger partial charge in [-0.1, -0.05) is 12.1 Å². The van der Waals surface area contributed by atoms with Crippen LogP contribution in [0.2, 0.25) is 0 Å². The fraction of sp³-hybridized carbons (Fsp3) is 0.389. The lowest BCUT2D eigenvalue weighted by molar-refractivity contribution is -0.910. The molecule has 5 heteroatoms. The van der Waals surface area contributed by atoms with Gasteiger partial charge in [0.1, 0.15) is 11.8 Å². The zero-order chi connectivity index (χ0) is 16.2. The van der Waals surface area contributed by atoms with Crippen LogP contribution in [0.5, 0.6) is 5.75 Å². The summed E-state index contributed by atoms with van der Waals surface area (Å²) in [7, 11) is 1.62. The number of quaternary nitrogens is 1. The Balaban J connectivity index is 1.66. The Kier molecular flexibility index (Phi) is 4.98. The third kappa shape index (κ3) is 3.74. The third-order valence-corrected chi connectivity index (χ3v) is 5.37. The van der Waals surface area contributed by atoms with Gasteiger partial charge in [0.2, 0.25) is 0 Å². The average Bonchev–Trinajstić information content (AvgIpc) is 3.18. The molecular formula is C18H23N2O2S+. The van der Waals surface area contributed by atoms with Crippen LogP contribution in [-0.4, -0.2) is 26.1 Å². The van der Waals surface area contributed by atoms with E-state index in [1.165, 1.54) is 16.2 Å². The van der Waals surface area contributed by atoms with Crippen LogP contribution in [-0.2, 0) is 4.79 Å². The minimum Gasteiger partial charge on any atom is -0.495 e. The first-order chi connectivity index (χ1) is 11.2. The molecule has 3 rings (SSSR count). The Bertz CT molecular complexity index is 670. The molecule has 0 saturated carbocycles. The second-order valence-corrected chi connectivity index (χ2v) is 7.03. The molecule has 122 valence electrons. The van der Waals surface area contributed by atoms with E-state index in [1.54, 1.807) is 18.4 Å². The summed E-state index contributed by atoms with van der Waals surface area (Å²) in [4.78, 5) is 15.2. The molecule has 0 spiro atoms. The lowest BCUT2D eigenvalue weighted by atomic mass is 10.2. The van der Waals surface area contributed by atoms with Crippen molar-refractivity contribution in [2.24, 2.45) is 0 Å². The molecule has 2 N–H and O–H groups in total. The van der Waals surface area contributed by atoms with Gasteiger partial charge in [0.25, 0.3) is 5.91 Å². The van der Waals surface area contributed by atoms with E-state index in [0.29, 0.717) is 18.3 Å². The molecule has 1 aromatic heterocycles. The van der Waals surface area contributed by atoms with Gasteiger partial charge < -0.3 is 15.0 Å². The molecule has 0 bridgehead atoms. The molecule has 4 nitrogen and oxygen atoms in total. The van der Waals surface area contributed by atoms with Crippen molar-refractivity contribution in [3.8, 4) is 5.75 Å². The zero-order valence-corrected chi connectivity index (χ0v) is 14.4. The normalized spacial score (nSPS) is 20.4. The number of hydrogen-bond acceptors (Lipinski definition) is 3. The highest BCUT2D eigenvalue weighted by Gasteiger charge is 2.32. The van der Waals surface area contributed by atoms with Crippen molar-refractivity contribution >= 4 is 22.9 Å². The summed E-state index contributed by atoms with van der Waals surface area (Å²) >= 11 is 1.79. The molecule has 23 heavy (non-hydrogen) atoms. The summed E-state index contributed by atoms with van der Waals surface area (Å²) in [5.41, 5.74) is 1.86. The summed E-state index contributed by atoms with van der Waals surface area (Å²) in [5.74, 6) is 0.752. The molecule has 2 atom stereocenters. The van der Waals surface area contributed by atoms with E-state index >= 15 is 0 Å². The molecule has 1 fully saturated rings. The van der Waals surface area contributed by atoms with Crippen LogP contribution in [0.4, 0.5) is 5.69 Å². The highest BCUT2D eigenvalue weighted by Crippen LogP contribution is 2.25. The van der Waals surface area contributed by atoms with Crippen LogP contribution >= 0.6 is 11.3 Å². The van der Waals surface area contributed by atoms with Crippen molar-refractivity contribution in [3.63, 3.8) is 0 Å². The fourth-order valence-corrected chi connectivity index (χ4v) is 4.20. The Hall–Kier alpha value is -1.85. The van der Waals surface area contributed by atoms with Crippen LogP contribution < -0.4 is 15.0 Å². The van der Waals surface area contributed by atoms with Crippen molar-refractivity contribution in [1.29, 1.82) is 0 Å². The topological polar surface area (TPSA) is 42.8 Å². The molecule has 1 aliphatic rings. The van der Waals surface area contributed by atoms with Gasteiger partial charge in [0, 0.05) is 12.8 Å². The summed E-state index contributed by atoms with van der Waals surface area (Å²) in [6.45, 7) is 3.56. The summed E-state index contributed by atoms with van der Waals surface area (Å²) in [5, 5.41) is 5.13. The monoisotopic (exact) mass is 331 g/mol. The van der Waals surface area contributed by atoms with E-state index in [2.05, 4.69) is 22.8 Å². The number of aryl methyl sites for hydroxylation is 1. The number of benzene rings is 1. The predicted molar refractivity (Wildman–Crippen MR) is 93.4 cm³/mol. The van der Waals surface area contributed by atoms with Gasteiger partial charge >= 0.3 is 0 Å². The lowest BCUT2D eigenvalue weighted by Crippen LogP contribution is -3.11. The Labute approximate surface area is 141 Å². The van der Waals surface area contributed by atoms with Gasteiger partial charge in [-0.05, 0) is 36.1 Å². The maximum atomic E-state index is 12.5. The van der Waals surface area contributed by atoms with E-state index in [-0.39, 0.29) is 5.91 Å². The molecule has 0 aliphatic carbocycles. The first-order valence-corrected chi connectivity index (χ1v) is 8.88. The van der Waals surface area contributed by atoms with Gasteiger partial charge in [0.05, 0.1) is 24.2 Å². The van der Waals surface area contributed by atoms with Crippen molar-refractivity contribution in [2.45, 2.75) is 25.8 Å². The van der Waals surface area contributed by atoms with Crippen LogP contribution in [0.15, 0.2) is 35.7 Å². The maximum Gasteiger partial charge on any atom is 0.279 e. The SMILES string of the molecule is COc1ccc(C)cc1NC(=O)C[NH+]1CCC[C@H]1c1cccs1.